The molecule has 0 bridgehead atoms. The summed E-state index contributed by atoms with van der Waals surface area (Å²) in [6.07, 6.45) is 1.53. The molecule has 30 heavy (non-hydrogen) atoms. The Balaban J connectivity index is 1.34. The average Bonchev–Trinajstić information content (AvgIpc) is 3.20. The van der Waals surface area contributed by atoms with Crippen molar-refractivity contribution >= 4 is 23.3 Å². The summed E-state index contributed by atoms with van der Waals surface area (Å²) in [6, 6.07) is 10.9. The highest BCUT2D eigenvalue weighted by Crippen LogP contribution is 2.18. The van der Waals surface area contributed by atoms with Crippen LogP contribution < -0.4 is 10.2 Å². The van der Waals surface area contributed by atoms with Gasteiger partial charge in [-0.3, -0.25) is 9.59 Å². The van der Waals surface area contributed by atoms with E-state index in [4.69, 9.17) is 4.52 Å². The maximum absolute atomic E-state index is 13.7. The molecule has 0 atom stereocenters. The molecule has 2 amide bonds. The second kappa shape index (κ2) is 8.32. The van der Waals surface area contributed by atoms with Gasteiger partial charge < -0.3 is 19.6 Å². The number of nitrogens with one attached hydrogen (secondary N) is 1. The number of halogens is 1. The number of hydrogen-bond donors (Lipinski definition) is 1. The zero-order valence-electron chi connectivity index (χ0n) is 16.3. The van der Waals surface area contributed by atoms with E-state index in [-0.39, 0.29) is 11.5 Å². The van der Waals surface area contributed by atoms with Crippen molar-refractivity contribution < 1.29 is 18.5 Å². The molecule has 0 unspecified atom stereocenters. The molecule has 1 fully saturated rings. The molecule has 1 aliphatic rings. The summed E-state index contributed by atoms with van der Waals surface area (Å²) in [4.78, 5) is 32.8. The van der Waals surface area contributed by atoms with Gasteiger partial charge in [0.25, 0.3) is 11.8 Å². The number of benzene rings is 1. The minimum Gasteiger partial charge on any atom is -0.361 e. The molecule has 1 saturated heterocycles. The Kier molecular flexibility index (Phi) is 5.42. The smallest absolute Gasteiger partial charge is 0.276 e. The zero-order valence-corrected chi connectivity index (χ0v) is 16.3. The quantitative estimate of drug-likeness (QED) is 0.713. The molecular formula is C21H20FN5O3. The third-order valence-electron chi connectivity index (χ3n) is 4.86. The van der Waals surface area contributed by atoms with Gasteiger partial charge in [0, 0.05) is 32.2 Å². The number of carbonyl (C=O) groups is 2. The number of aryl methyl sites for hydroxylation is 1. The molecule has 3 aromatic rings. The molecule has 154 valence electrons. The Morgan fingerprint density at radius 1 is 1.10 bits per heavy atom. The molecule has 0 aliphatic carbocycles. The summed E-state index contributed by atoms with van der Waals surface area (Å²) < 4.78 is 18.7. The molecule has 9 heteroatoms. The van der Waals surface area contributed by atoms with Gasteiger partial charge in [-0.25, -0.2) is 9.37 Å². The van der Waals surface area contributed by atoms with Crippen molar-refractivity contribution in [2.75, 3.05) is 36.4 Å². The highest BCUT2D eigenvalue weighted by molar-refractivity contribution is 6.04. The minimum absolute atomic E-state index is 0.0235. The molecule has 1 aliphatic heterocycles. The summed E-state index contributed by atoms with van der Waals surface area (Å²) in [7, 11) is 0. The Morgan fingerprint density at radius 3 is 2.50 bits per heavy atom. The molecule has 0 spiro atoms. The van der Waals surface area contributed by atoms with E-state index in [0.29, 0.717) is 43.3 Å². The van der Waals surface area contributed by atoms with Crippen molar-refractivity contribution in [2.45, 2.75) is 6.92 Å². The molecule has 0 saturated carbocycles. The van der Waals surface area contributed by atoms with Gasteiger partial charge in [0.1, 0.15) is 17.4 Å². The lowest BCUT2D eigenvalue weighted by Gasteiger charge is -2.35. The van der Waals surface area contributed by atoms with Crippen LogP contribution >= 0.6 is 0 Å². The van der Waals surface area contributed by atoms with Gasteiger partial charge in [-0.1, -0.05) is 17.3 Å². The van der Waals surface area contributed by atoms with E-state index in [2.05, 4.69) is 20.4 Å². The first-order chi connectivity index (χ1) is 14.5. The second-order valence-electron chi connectivity index (χ2n) is 6.94. The van der Waals surface area contributed by atoms with Crippen molar-refractivity contribution in [3.63, 3.8) is 0 Å². The lowest BCUT2D eigenvalue weighted by molar-refractivity contribution is 0.0736. The molecule has 4 rings (SSSR count). The fourth-order valence-corrected chi connectivity index (χ4v) is 3.26. The number of piperazine rings is 1. The summed E-state index contributed by atoms with van der Waals surface area (Å²) in [6.45, 7) is 4.07. The Labute approximate surface area is 172 Å². The van der Waals surface area contributed by atoms with E-state index >= 15 is 0 Å². The van der Waals surface area contributed by atoms with E-state index < -0.39 is 11.7 Å². The SMILES string of the molecule is Cc1cc(C(=O)N2CCN(c3ccc(NC(=O)c4ccccc4F)cn3)CC2)no1. The number of amides is 2. The van der Waals surface area contributed by atoms with Gasteiger partial charge in [0.05, 0.1) is 17.4 Å². The highest BCUT2D eigenvalue weighted by atomic mass is 19.1. The second-order valence-corrected chi connectivity index (χ2v) is 6.94. The predicted molar refractivity (Wildman–Crippen MR) is 108 cm³/mol. The van der Waals surface area contributed by atoms with E-state index in [1.54, 1.807) is 36.1 Å². The first-order valence-electron chi connectivity index (χ1n) is 9.51. The van der Waals surface area contributed by atoms with Gasteiger partial charge in [-0.2, -0.15) is 0 Å². The average molecular weight is 409 g/mol. The lowest BCUT2D eigenvalue weighted by Crippen LogP contribution is -2.49. The van der Waals surface area contributed by atoms with Crippen LogP contribution in [0.15, 0.2) is 53.2 Å². The van der Waals surface area contributed by atoms with Crippen LogP contribution in [-0.2, 0) is 0 Å². The summed E-state index contributed by atoms with van der Waals surface area (Å²) in [5.41, 5.74) is 0.765. The number of anilines is 2. The van der Waals surface area contributed by atoms with Crippen molar-refractivity contribution in [1.29, 1.82) is 0 Å². The van der Waals surface area contributed by atoms with Crippen LogP contribution in [-0.4, -0.2) is 53.0 Å². The Bertz CT molecular complexity index is 1060. The molecule has 0 radical (unpaired) electrons. The summed E-state index contributed by atoms with van der Waals surface area (Å²) in [5.74, 6) is 0.0861. The molecule has 3 heterocycles. The van der Waals surface area contributed by atoms with Crippen molar-refractivity contribution in [3.05, 3.63) is 71.5 Å². The zero-order chi connectivity index (χ0) is 21.1. The maximum atomic E-state index is 13.7. The van der Waals surface area contributed by atoms with Gasteiger partial charge in [-0.15, -0.1) is 0 Å². The first-order valence-corrected chi connectivity index (χ1v) is 9.51. The third-order valence-corrected chi connectivity index (χ3v) is 4.86. The first kappa shape index (κ1) is 19.6. The van der Waals surface area contributed by atoms with Crippen LogP contribution in [0, 0.1) is 12.7 Å². The van der Waals surface area contributed by atoms with Gasteiger partial charge in [0.15, 0.2) is 5.69 Å². The van der Waals surface area contributed by atoms with Gasteiger partial charge >= 0.3 is 0 Å². The van der Waals surface area contributed by atoms with Crippen LogP contribution in [0.5, 0.6) is 0 Å². The van der Waals surface area contributed by atoms with Gasteiger partial charge in [0.2, 0.25) is 0 Å². The standard InChI is InChI=1S/C21H20FN5O3/c1-14-12-18(25-30-14)21(29)27-10-8-26(9-11-27)19-7-6-15(13-23-19)24-20(28)16-4-2-3-5-17(16)22/h2-7,12-13H,8-11H2,1H3,(H,24,28). The van der Waals surface area contributed by atoms with Crippen molar-refractivity contribution in [3.8, 4) is 0 Å². The van der Waals surface area contributed by atoms with Crippen molar-refractivity contribution in [2.24, 2.45) is 0 Å². The largest absolute Gasteiger partial charge is 0.361 e. The maximum Gasteiger partial charge on any atom is 0.276 e. The molecule has 1 aromatic carbocycles. The highest BCUT2D eigenvalue weighted by Gasteiger charge is 2.24. The van der Waals surface area contributed by atoms with Gasteiger partial charge in [-0.05, 0) is 31.2 Å². The molecule has 2 aromatic heterocycles. The molecule has 8 nitrogen and oxygen atoms in total. The normalized spacial score (nSPS) is 13.9. The van der Waals surface area contributed by atoms with E-state index in [0.717, 1.165) is 5.82 Å². The number of rotatable bonds is 4. The lowest BCUT2D eigenvalue weighted by atomic mass is 10.2. The number of nitrogens with zero attached hydrogens (tertiary/aromatic N) is 4. The van der Waals surface area contributed by atoms with Crippen LogP contribution in [0.3, 0.4) is 0 Å². The van der Waals surface area contributed by atoms with E-state index in [9.17, 15) is 14.0 Å². The van der Waals surface area contributed by atoms with Crippen molar-refractivity contribution in [1.82, 2.24) is 15.0 Å². The van der Waals surface area contributed by atoms with Crippen LogP contribution in [0.4, 0.5) is 15.9 Å². The fourth-order valence-electron chi connectivity index (χ4n) is 3.26. The molecule has 1 N–H and O–H groups in total. The van der Waals surface area contributed by atoms with E-state index in [1.165, 1.54) is 24.4 Å². The summed E-state index contributed by atoms with van der Waals surface area (Å²) >= 11 is 0. The monoisotopic (exact) mass is 409 g/mol. The minimum atomic E-state index is -0.576. The van der Waals surface area contributed by atoms with Crippen LogP contribution in [0.2, 0.25) is 0 Å². The number of pyridine rings is 1. The number of hydrogen-bond acceptors (Lipinski definition) is 6. The number of aromatic nitrogens is 2. The Hall–Kier alpha value is -3.75. The summed E-state index contributed by atoms with van der Waals surface area (Å²) in [5, 5.41) is 6.42. The third kappa shape index (κ3) is 4.14. The predicted octanol–water partition coefficient (Wildman–Crippen LogP) is 2.73. The van der Waals surface area contributed by atoms with Crippen LogP contribution in [0.1, 0.15) is 26.6 Å². The number of carbonyl (C=O) groups excluding carboxylic acids is 2. The van der Waals surface area contributed by atoms with E-state index in [1.807, 2.05) is 0 Å². The van der Waals surface area contributed by atoms with Crippen LogP contribution in [0.25, 0.3) is 0 Å². The molecular weight excluding hydrogens is 389 g/mol. The fraction of sp³-hybridized carbons (Fsp3) is 0.238. The Morgan fingerprint density at radius 2 is 1.87 bits per heavy atom. The topological polar surface area (TPSA) is 91.6 Å².